The highest BCUT2D eigenvalue weighted by molar-refractivity contribution is 8.00. The number of carbonyl (C=O) groups excluding carboxylic acids is 1. The highest BCUT2D eigenvalue weighted by atomic mass is 32.2. The van der Waals surface area contributed by atoms with E-state index in [9.17, 15) is 18.0 Å². The van der Waals surface area contributed by atoms with Crippen molar-refractivity contribution in [3.63, 3.8) is 0 Å². The van der Waals surface area contributed by atoms with Crippen LogP contribution in [0.5, 0.6) is 0 Å². The van der Waals surface area contributed by atoms with Crippen LogP contribution < -0.4 is 0 Å². The van der Waals surface area contributed by atoms with Crippen LogP contribution in [-0.4, -0.2) is 18.1 Å². The maximum absolute atomic E-state index is 12.4. The molecule has 0 radical (unpaired) electrons. The van der Waals surface area contributed by atoms with E-state index in [1.807, 2.05) is 0 Å². The number of nitriles is 1. The molecule has 20 heavy (non-hydrogen) atoms. The van der Waals surface area contributed by atoms with Crippen molar-refractivity contribution in [3.05, 3.63) is 28.8 Å². The quantitative estimate of drug-likeness (QED) is 0.630. The second-order valence-electron chi connectivity index (χ2n) is 3.92. The predicted octanol–water partition coefficient (Wildman–Crippen LogP) is 3.58. The van der Waals surface area contributed by atoms with Gasteiger partial charge in [-0.25, -0.2) is 0 Å². The van der Waals surface area contributed by atoms with E-state index in [0.29, 0.717) is 11.1 Å². The van der Waals surface area contributed by atoms with E-state index in [1.165, 1.54) is 12.1 Å². The van der Waals surface area contributed by atoms with Crippen LogP contribution in [0.25, 0.3) is 0 Å². The molecule has 0 heterocycles. The van der Waals surface area contributed by atoms with Gasteiger partial charge in [-0.15, -0.1) is 0 Å². The average molecular weight is 303 g/mol. The minimum Gasteiger partial charge on any atom is -0.466 e. The third kappa shape index (κ3) is 4.78. The van der Waals surface area contributed by atoms with E-state index < -0.39 is 11.5 Å². The average Bonchev–Trinajstić information content (AvgIpc) is 2.31. The lowest BCUT2D eigenvalue weighted by molar-refractivity contribution is -0.142. The van der Waals surface area contributed by atoms with E-state index in [4.69, 9.17) is 10.00 Å². The van der Waals surface area contributed by atoms with Crippen LogP contribution >= 0.6 is 11.8 Å². The number of alkyl halides is 3. The van der Waals surface area contributed by atoms with Crippen LogP contribution in [0.4, 0.5) is 13.2 Å². The van der Waals surface area contributed by atoms with Crippen LogP contribution in [0, 0.1) is 18.3 Å². The fourth-order valence-corrected chi connectivity index (χ4v) is 2.28. The maximum Gasteiger partial charge on any atom is 0.446 e. The van der Waals surface area contributed by atoms with Gasteiger partial charge >= 0.3 is 11.5 Å². The summed E-state index contributed by atoms with van der Waals surface area (Å²) in [7, 11) is 0. The molecule has 0 atom stereocenters. The molecule has 0 aromatic heterocycles. The molecule has 1 rings (SSSR count). The molecule has 0 aliphatic heterocycles. The van der Waals surface area contributed by atoms with Crippen LogP contribution in [0.1, 0.15) is 23.6 Å². The summed E-state index contributed by atoms with van der Waals surface area (Å²) < 4.78 is 41.9. The Kier molecular flexibility index (Phi) is 5.45. The molecule has 0 fully saturated rings. The molecule has 0 saturated carbocycles. The molecule has 3 nitrogen and oxygen atoms in total. The minimum absolute atomic E-state index is 0.0642. The summed E-state index contributed by atoms with van der Waals surface area (Å²) in [6, 6.07) is 4.29. The summed E-state index contributed by atoms with van der Waals surface area (Å²) in [6.45, 7) is 3.48. The molecular weight excluding hydrogens is 291 g/mol. The Morgan fingerprint density at radius 1 is 1.45 bits per heavy atom. The summed E-state index contributed by atoms with van der Waals surface area (Å²) in [6.07, 6.45) is -0.0642. The molecule has 0 amide bonds. The third-order valence-corrected chi connectivity index (χ3v) is 3.21. The highest BCUT2D eigenvalue weighted by Gasteiger charge is 2.30. The van der Waals surface area contributed by atoms with Gasteiger partial charge in [0, 0.05) is 4.90 Å². The fraction of sp³-hybridized carbons (Fsp3) is 0.385. The number of esters is 1. The van der Waals surface area contributed by atoms with Crippen molar-refractivity contribution in [2.45, 2.75) is 30.7 Å². The number of rotatable bonds is 4. The smallest absolute Gasteiger partial charge is 0.446 e. The Morgan fingerprint density at radius 3 is 2.60 bits per heavy atom. The van der Waals surface area contributed by atoms with Crippen molar-refractivity contribution in [3.8, 4) is 6.07 Å². The van der Waals surface area contributed by atoms with E-state index in [1.54, 1.807) is 19.9 Å². The van der Waals surface area contributed by atoms with Crippen molar-refractivity contribution >= 4 is 17.7 Å². The topological polar surface area (TPSA) is 50.1 Å². The van der Waals surface area contributed by atoms with Gasteiger partial charge in [-0.1, -0.05) is 0 Å². The van der Waals surface area contributed by atoms with E-state index in [0.717, 1.165) is 0 Å². The molecule has 1 aromatic carbocycles. The predicted molar refractivity (Wildman–Crippen MR) is 68.1 cm³/mol. The monoisotopic (exact) mass is 303 g/mol. The summed E-state index contributed by atoms with van der Waals surface area (Å²) in [5, 5.41) is 8.92. The molecule has 108 valence electrons. The standard InChI is InChI=1S/C13H12F3NO2S/c1-3-19-12(18)6-9-5-10(7-17)11(4-8(9)2)20-13(14,15)16/h4-5H,3,6H2,1-2H3. The van der Waals surface area contributed by atoms with E-state index in [2.05, 4.69) is 0 Å². The Morgan fingerprint density at radius 2 is 2.10 bits per heavy atom. The molecule has 1 aromatic rings. The second-order valence-corrected chi connectivity index (χ2v) is 5.02. The van der Waals surface area contributed by atoms with Gasteiger partial charge in [-0.05, 0) is 48.9 Å². The van der Waals surface area contributed by atoms with Crippen LogP contribution in [0.3, 0.4) is 0 Å². The number of hydrogen-bond acceptors (Lipinski definition) is 4. The molecular formula is C13H12F3NO2S. The first-order valence-electron chi connectivity index (χ1n) is 5.71. The van der Waals surface area contributed by atoms with Crippen LogP contribution in [0.2, 0.25) is 0 Å². The number of thioether (sulfide) groups is 1. The van der Waals surface area contributed by atoms with Crippen molar-refractivity contribution in [1.82, 2.24) is 0 Å². The van der Waals surface area contributed by atoms with Crippen molar-refractivity contribution in [2.24, 2.45) is 0 Å². The second kappa shape index (κ2) is 6.66. The molecule has 0 bridgehead atoms. The first kappa shape index (κ1) is 16.4. The summed E-state index contributed by atoms with van der Waals surface area (Å²) in [5.41, 5.74) is -3.55. The van der Waals surface area contributed by atoms with E-state index >= 15 is 0 Å². The van der Waals surface area contributed by atoms with Gasteiger partial charge < -0.3 is 4.74 Å². The molecule has 0 saturated heterocycles. The summed E-state index contributed by atoms with van der Waals surface area (Å²) in [5.74, 6) is -0.476. The highest BCUT2D eigenvalue weighted by Crippen LogP contribution is 2.39. The molecule has 7 heteroatoms. The van der Waals surface area contributed by atoms with Gasteiger partial charge in [-0.3, -0.25) is 4.79 Å². The van der Waals surface area contributed by atoms with Crippen molar-refractivity contribution in [2.75, 3.05) is 6.61 Å². The minimum atomic E-state index is -4.46. The maximum atomic E-state index is 12.4. The number of halogens is 3. The largest absolute Gasteiger partial charge is 0.466 e. The zero-order chi connectivity index (χ0) is 15.3. The van der Waals surface area contributed by atoms with Gasteiger partial charge in [0.2, 0.25) is 0 Å². The SMILES string of the molecule is CCOC(=O)Cc1cc(C#N)c(SC(F)(F)F)cc1C. The number of hydrogen-bond donors (Lipinski definition) is 0. The van der Waals surface area contributed by atoms with Gasteiger partial charge in [0.1, 0.15) is 6.07 Å². The Hall–Kier alpha value is -1.68. The van der Waals surface area contributed by atoms with Gasteiger partial charge in [0.15, 0.2) is 0 Å². The lowest BCUT2D eigenvalue weighted by atomic mass is 10.0. The van der Waals surface area contributed by atoms with Crippen LogP contribution in [-0.2, 0) is 16.0 Å². The molecule has 0 unspecified atom stereocenters. The zero-order valence-electron chi connectivity index (χ0n) is 10.9. The molecule has 0 aliphatic carbocycles. The number of nitrogens with zero attached hydrogens (tertiary/aromatic N) is 1. The Labute approximate surface area is 118 Å². The number of benzene rings is 1. The number of carbonyl (C=O) groups is 1. The van der Waals surface area contributed by atoms with Crippen molar-refractivity contribution in [1.29, 1.82) is 5.26 Å². The molecule has 0 spiro atoms. The van der Waals surface area contributed by atoms with Gasteiger partial charge in [0.05, 0.1) is 18.6 Å². The molecule has 0 aliphatic rings. The lowest BCUT2D eigenvalue weighted by Gasteiger charge is -2.11. The lowest BCUT2D eigenvalue weighted by Crippen LogP contribution is -2.09. The summed E-state index contributed by atoms with van der Waals surface area (Å²) >= 11 is -0.335. The number of ether oxygens (including phenoxy) is 1. The fourth-order valence-electron chi connectivity index (χ4n) is 1.58. The normalized spacial score (nSPS) is 11.0. The molecule has 0 N–H and O–H groups in total. The first-order chi connectivity index (χ1) is 9.26. The van der Waals surface area contributed by atoms with Gasteiger partial charge in [-0.2, -0.15) is 18.4 Å². The first-order valence-corrected chi connectivity index (χ1v) is 6.53. The van der Waals surface area contributed by atoms with Crippen LogP contribution in [0.15, 0.2) is 17.0 Å². The zero-order valence-corrected chi connectivity index (χ0v) is 11.7. The number of aryl methyl sites for hydroxylation is 1. The Bertz CT molecular complexity index is 550. The van der Waals surface area contributed by atoms with E-state index in [-0.39, 0.29) is 35.2 Å². The van der Waals surface area contributed by atoms with Gasteiger partial charge in [0.25, 0.3) is 0 Å². The third-order valence-electron chi connectivity index (χ3n) is 2.42. The Balaban J connectivity index is 3.08. The summed E-state index contributed by atoms with van der Waals surface area (Å²) in [4.78, 5) is 11.2. The van der Waals surface area contributed by atoms with Crippen molar-refractivity contribution < 1.29 is 22.7 Å².